The van der Waals surface area contributed by atoms with E-state index in [9.17, 15) is 0 Å². The smallest absolute Gasteiger partial charge is 0.0642 e. The molecule has 0 bridgehead atoms. The summed E-state index contributed by atoms with van der Waals surface area (Å²) in [7, 11) is 2.10. The Morgan fingerprint density at radius 3 is 2.42 bits per heavy atom. The van der Waals surface area contributed by atoms with E-state index in [4.69, 9.17) is 17.3 Å². The fraction of sp³-hybridized carbons (Fsp3) is 0.625. The first-order valence-electron chi connectivity index (χ1n) is 7.09. The molecule has 1 unspecified atom stereocenters. The summed E-state index contributed by atoms with van der Waals surface area (Å²) in [4.78, 5) is 2.25. The number of rotatable bonds is 6. The van der Waals surface area contributed by atoms with E-state index in [1.165, 1.54) is 5.56 Å². The number of hydrogen-bond acceptors (Lipinski definition) is 2. The molecule has 2 N–H and O–H groups in total. The lowest BCUT2D eigenvalue weighted by Crippen LogP contribution is -2.40. The van der Waals surface area contributed by atoms with E-state index >= 15 is 0 Å². The van der Waals surface area contributed by atoms with Gasteiger partial charge in [-0.05, 0) is 50.8 Å². The van der Waals surface area contributed by atoms with Crippen LogP contribution < -0.4 is 10.6 Å². The van der Waals surface area contributed by atoms with Crippen molar-refractivity contribution in [3.8, 4) is 0 Å². The van der Waals surface area contributed by atoms with E-state index in [-0.39, 0.29) is 11.6 Å². The highest BCUT2D eigenvalue weighted by Crippen LogP contribution is 2.32. The molecule has 0 aliphatic carbocycles. The largest absolute Gasteiger partial charge is 0.368 e. The van der Waals surface area contributed by atoms with Gasteiger partial charge >= 0.3 is 0 Å². The molecule has 2 nitrogen and oxygen atoms in total. The van der Waals surface area contributed by atoms with E-state index in [2.05, 4.69) is 57.8 Å². The SMILES string of the molecule is CCC(N)Cc1ccc(N(C)C(C)(C)CC)c(Cl)c1. The molecule has 19 heavy (non-hydrogen) atoms. The summed E-state index contributed by atoms with van der Waals surface area (Å²) in [6, 6.07) is 6.51. The number of hydrogen-bond donors (Lipinski definition) is 1. The quantitative estimate of drug-likeness (QED) is 0.845. The lowest BCUT2D eigenvalue weighted by molar-refractivity contribution is 0.471. The molecule has 0 aliphatic rings. The Kier molecular flexibility index (Phi) is 5.69. The maximum atomic E-state index is 6.43. The highest BCUT2D eigenvalue weighted by atomic mass is 35.5. The minimum Gasteiger partial charge on any atom is -0.368 e. The van der Waals surface area contributed by atoms with Gasteiger partial charge in [-0.15, -0.1) is 0 Å². The lowest BCUT2D eigenvalue weighted by Gasteiger charge is -2.37. The average molecular weight is 283 g/mol. The van der Waals surface area contributed by atoms with Crippen LogP contribution in [0.2, 0.25) is 5.02 Å². The molecule has 0 aromatic heterocycles. The summed E-state index contributed by atoms with van der Waals surface area (Å²) >= 11 is 6.43. The zero-order valence-electron chi connectivity index (χ0n) is 12.8. The minimum absolute atomic E-state index is 0.102. The summed E-state index contributed by atoms with van der Waals surface area (Å²) in [5.74, 6) is 0. The summed E-state index contributed by atoms with van der Waals surface area (Å²) in [5.41, 5.74) is 8.39. The average Bonchev–Trinajstić information content (AvgIpc) is 2.38. The Labute approximate surface area is 122 Å². The number of nitrogens with zero attached hydrogens (tertiary/aromatic N) is 1. The van der Waals surface area contributed by atoms with Crippen LogP contribution in [0.3, 0.4) is 0 Å². The molecular weight excluding hydrogens is 256 g/mol. The zero-order valence-corrected chi connectivity index (χ0v) is 13.6. The molecule has 0 fully saturated rings. The van der Waals surface area contributed by atoms with Crippen molar-refractivity contribution in [2.24, 2.45) is 5.73 Å². The van der Waals surface area contributed by atoms with E-state index in [0.717, 1.165) is 30.0 Å². The number of anilines is 1. The van der Waals surface area contributed by atoms with Crippen molar-refractivity contribution in [2.45, 2.75) is 58.5 Å². The van der Waals surface area contributed by atoms with Crippen molar-refractivity contribution >= 4 is 17.3 Å². The normalized spacial score (nSPS) is 13.4. The van der Waals surface area contributed by atoms with Crippen LogP contribution in [0, 0.1) is 0 Å². The molecule has 0 aliphatic heterocycles. The molecule has 3 heteroatoms. The van der Waals surface area contributed by atoms with Gasteiger partial charge in [0.05, 0.1) is 10.7 Å². The summed E-state index contributed by atoms with van der Waals surface area (Å²) in [5, 5.41) is 0.810. The first-order chi connectivity index (χ1) is 8.81. The highest BCUT2D eigenvalue weighted by molar-refractivity contribution is 6.33. The van der Waals surface area contributed by atoms with Crippen LogP contribution in [0.1, 0.15) is 46.1 Å². The Morgan fingerprint density at radius 1 is 1.32 bits per heavy atom. The first-order valence-corrected chi connectivity index (χ1v) is 7.47. The second-order valence-electron chi connectivity index (χ2n) is 5.88. The van der Waals surface area contributed by atoms with Gasteiger partial charge in [0.15, 0.2) is 0 Å². The van der Waals surface area contributed by atoms with Crippen molar-refractivity contribution in [2.75, 3.05) is 11.9 Å². The molecule has 1 rings (SSSR count). The van der Waals surface area contributed by atoms with E-state index < -0.39 is 0 Å². The van der Waals surface area contributed by atoms with Gasteiger partial charge in [-0.3, -0.25) is 0 Å². The van der Waals surface area contributed by atoms with Gasteiger partial charge in [0, 0.05) is 18.6 Å². The summed E-state index contributed by atoms with van der Waals surface area (Å²) in [6.07, 6.45) is 2.95. The fourth-order valence-corrected chi connectivity index (χ4v) is 2.29. The predicted octanol–water partition coefficient (Wildman–Crippen LogP) is 4.24. The Hall–Kier alpha value is -0.730. The maximum absolute atomic E-state index is 6.43. The standard InChI is InChI=1S/C16H27ClN2/c1-6-13(18)10-12-8-9-15(14(17)11-12)19(5)16(3,4)7-2/h8-9,11,13H,6-7,10,18H2,1-5H3. The molecule has 0 radical (unpaired) electrons. The molecule has 1 aromatic carbocycles. The van der Waals surface area contributed by atoms with Gasteiger partial charge < -0.3 is 10.6 Å². The van der Waals surface area contributed by atoms with E-state index in [1.54, 1.807) is 0 Å². The minimum atomic E-state index is 0.102. The fourth-order valence-electron chi connectivity index (χ4n) is 1.96. The second-order valence-corrected chi connectivity index (χ2v) is 6.29. The second kappa shape index (κ2) is 6.62. The van der Waals surface area contributed by atoms with Crippen LogP contribution >= 0.6 is 11.6 Å². The molecule has 0 amide bonds. The third-order valence-corrected chi connectivity index (χ3v) is 4.47. The topological polar surface area (TPSA) is 29.3 Å². The first kappa shape index (κ1) is 16.3. The van der Waals surface area contributed by atoms with Gasteiger partial charge in [-0.25, -0.2) is 0 Å². The van der Waals surface area contributed by atoms with Gasteiger partial charge in [-0.1, -0.05) is 31.5 Å². The maximum Gasteiger partial charge on any atom is 0.0642 e. The third-order valence-electron chi connectivity index (χ3n) is 4.17. The van der Waals surface area contributed by atoms with Crippen molar-refractivity contribution in [1.29, 1.82) is 0 Å². The van der Waals surface area contributed by atoms with Gasteiger partial charge in [0.25, 0.3) is 0 Å². The van der Waals surface area contributed by atoms with Gasteiger partial charge in [-0.2, -0.15) is 0 Å². The molecule has 0 spiro atoms. The zero-order chi connectivity index (χ0) is 14.6. The third kappa shape index (κ3) is 4.12. The predicted molar refractivity (Wildman–Crippen MR) is 86.2 cm³/mol. The number of halogens is 1. The van der Waals surface area contributed by atoms with Gasteiger partial charge in [0.2, 0.25) is 0 Å². The molecular formula is C16H27ClN2. The molecule has 1 aromatic rings. The summed E-state index contributed by atoms with van der Waals surface area (Å²) in [6.45, 7) is 8.76. The van der Waals surface area contributed by atoms with Crippen LogP contribution in [0.5, 0.6) is 0 Å². The van der Waals surface area contributed by atoms with Crippen LogP contribution in [0.25, 0.3) is 0 Å². The van der Waals surface area contributed by atoms with Crippen molar-refractivity contribution in [3.05, 3.63) is 28.8 Å². The Bertz CT molecular complexity index is 415. The molecule has 0 saturated carbocycles. The number of benzene rings is 1. The summed E-state index contributed by atoms with van der Waals surface area (Å²) < 4.78 is 0. The molecule has 0 saturated heterocycles. The lowest BCUT2D eigenvalue weighted by atomic mass is 9.98. The molecule has 108 valence electrons. The van der Waals surface area contributed by atoms with Crippen LogP contribution in [0.4, 0.5) is 5.69 Å². The molecule has 1 atom stereocenters. The van der Waals surface area contributed by atoms with Crippen molar-refractivity contribution in [3.63, 3.8) is 0 Å². The van der Waals surface area contributed by atoms with Gasteiger partial charge in [0.1, 0.15) is 0 Å². The van der Waals surface area contributed by atoms with Crippen LogP contribution in [-0.2, 0) is 6.42 Å². The van der Waals surface area contributed by atoms with Crippen molar-refractivity contribution in [1.82, 2.24) is 0 Å². The molecule has 0 heterocycles. The van der Waals surface area contributed by atoms with E-state index in [0.29, 0.717) is 0 Å². The Morgan fingerprint density at radius 2 is 1.95 bits per heavy atom. The highest BCUT2D eigenvalue weighted by Gasteiger charge is 2.23. The van der Waals surface area contributed by atoms with Crippen LogP contribution in [-0.4, -0.2) is 18.6 Å². The van der Waals surface area contributed by atoms with Crippen molar-refractivity contribution < 1.29 is 0 Å². The monoisotopic (exact) mass is 282 g/mol. The van der Waals surface area contributed by atoms with E-state index in [1.807, 2.05) is 0 Å². The number of nitrogens with two attached hydrogens (primary N) is 1. The van der Waals surface area contributed by atoms with Crippen LogP contribution in [0.15, 0.2) is 18.2 Å². The Balaban J connectivity index is 2.94.